The summed E-state index contributed by atoms with van der Waals surface area (Å²) in [6, 6.07) is 10.1. The van der Waals surface area contributed by atoms with Gasteiger partial charge in [0.25, 0.3) is 0 Å². The summed E-state index contributed by atoms with van der Waals surface area (Å²) >= 11 is 0. The summed E-state index contributed by atoms with van der Waals surface area (Å²) in [6.07, 6.45) is 2.04. The van der Waals surface area contributed by atoms with E-state index in [2.05, 4.69) is 21.2 Å². The van der Waals surface area contributed by atoms with Crippen molar-refractivity contribution in [3.05, 3.63) is 53.6 Å². The highest BCUT2D eigenvalue weighted by Gasteiger charge is 2.35. The molecule has 1 fully saturated rings. The molecule has 2 aromatic rings. The van der Waals surface area contributed by atoms with Crippen molar-refractivity contribution in [1.82, 2.24) is 4.90 Å². The Morgan fingerprint density at radius 1 is 1.07 bits per heavy atom. The number of nitrogens with zero attached hydrogens (tertiary/aromatic N) is 2. The maximum Gasteiger partial charge on any atom is 0.144 e. The van der Waals surface area contributed by atoms with Crippen LogP contribution in [0.3, 0.4) is 0 Å². The van der Waals surface area contributed by atoms with Crippen molar-refractivity contribution in [3.63, 3.8) is 0 Å². The highest BCUT2D eigenvalue weighted by molar-refractivity contribution is 5.82. The Balaban J connectivity index is 1.23. The number of hydrogen-bond acceptors (Lipinski definition) is 4. The lowest BCUT2D eigenvalue weighted by atomic mass is 9.89. The molecular formula is C21H23F2N3O. The van der Waals surface area contributed by atoms with Crippen molar-refractivity contribution in [1.29, 1.82) is 0 Å². The predicted molar refractivity (Wildman–Crippen MR) is 101 cm³/mol. The zero-order chi connectivity index (χ0) is 18.4. The van der Waals surface area contributed by atoms with Crippen LogP contribution in [0.15, 0.2) is 36.4 Å². The Kier molecular flexibility index (Phi) is 4.16. The molecule has 27 heavy (non-hydrogen) atoms. The molecule has 3 aliphatic heterocycles. The quantitative estimate of drug-likeness (QED) is 0.888. The van der Waals surface area contributed by atoms with Gasteiger partial charge in [0.05, 0.1) is 12.2 Å². The SMILES string of the molecule is Fc1ccc(C2CCN(CC3Nc4cccc5c4N3CCO5)CC2)c(F)c1. The van der Waals surface area contributed by atoms with Crippen LogP contribution in [0.4, 0.5) is 20.2 Å². The van der Waals surface area contributed by atoms with Crippen molar-refractivity contribution < 1.29 is 13.5 Å². The predicted octanol–water partition coefficient (Wildman–Crippen LogP) is 3.79. The van der Waals surface area contributed by atoms with Crippen LogP contribution in [0.1, 0.15) is 24.3 Å². The molecule has 0 bridgehead atoms. The number of nitrogens with one attached hydrogen (secondary N) is 1. The third-order valence-electron chi connectivity index (χ3n) is 6.00. The van der Waals surface area contributed by atoms with Gasteiger partial charge in [0.1, 0.15) is 35.8 Å². The van der Waals surface area contributed by atoms with Crippen molar-refractivity contribution in [2.24, 2.45) is 0 Å². The minimum atomic E-state index is -0.509. The molecule has 0 spiro atoms. The number of ether oxygens (including phenoxy) is 1. The monoisotopic (exact) mass is 371 g/mol. The van der Waals surface area contributed by atoms with E-state index in [0.29, 0.717) is 12.2 Å². The number of rotatable bonds is 3. The number of piperidine rings is 1. The minimum absolute atomic E-state index is 0.172. The maximum absolute atomic E-state index is 14.1. The number of halogens is 2. The molecule has 6 heteroatoms. The zero-order valence-electron chi connectivity index (χ0n) is 15.1. The fourth-order valence-electron chi connectivity index (χ4n) is 4.63. The molecule has 3 aliphatic rings. The van der Waals surface area contributed by atoms with Gasteiger partial charge in [-0.05, 0) is 55.6 Å². The second-order valence-electron chi connectivity index (χ2n) is 7.60. The summed E-state index contributed by atoms with van der Waals surface area (Å²) in [5, 5.41) is 3.62. The fraction of sp³-hybridized carbons (Fsp3) is 0.429. The first-order valence-corrected chi connectivity index (χ1v) is 9.65. The third-order valence-corrected chi connectivity index (χ3v) is 6.00. The molecule has 0 aliphatic carbocycles. The van der Waals surface area contributed by atoms with E-state index in [1.165, 1.54) is 11.8 Å². The molecule has 1 saturated heterocycles. The van der Waals surface area contributed by atoms with E-state index in [1.807, 2.05) is 12.1 Å². The largest absolute Gasteiger partial charge is 0.489 e. The number of anilines is 2. The molecule has 0 amide bonds. The van der Waals surface area contributed by atoms with E-state index in [4.69, 9.17) is 4.74 Å². The van der Waals surface area contributed by atoms with E-state index in [1.54, 1.807) is 6.07 Å². The Morgan fingerprint density at radius 2 is 1.93 bits per heavy atom. The summed E-state index contributed by atoms with van der Waals surface area (Å²) < 4.78 is 33.0. The Bertz CT molecular complexity index is 851. The van der Waals surface area contributed by atoms with Gasteiger partial charge in [0.15, 0.2) is 0 Å². The van der Waals surface area contributed by atoms with Gasteiger partial charge >= 0.3 is 0 Å². The van der Waals surface area contributed by atoms with Crippen LogP contribution < -0.4 is 15.0 Å². The topological polar surface area (TPSA) is 27.7 Å². The first kappa shape index (κ1) is 16.8. The van der Waals surface area contributed by atoms with E-state index < -0.39 is 11.6 Å². The van der Waals surface area contributed by atoms with Crippen LogP contribution in [-0.2, 0) is 0 Å². The molecule has 1 unspecified atom stereocenters. The van der Waals surface area contributed by atoms with Crippen molar-refractivity contribution in [2.75, 3.05) is 43.0 Å². The number of para-hydroxylation sites is 1. The van der Waals surface area contributed by atoms with Crippen LogP contribution in [0.25, 0.3) is 0 Å². The lowest BCUT2D eigenvalue weighted by Gasteiger charge is -2.37. The molecule has 1 atom stereocenters. The lowest BCUT2D eigenvalue weighted by Crippen LogP contribution is -2.49. The zero-order valence-corrected chi connectivity index (χ0v) is 15.1. The lowest BCUT2D eigenvalue weighted by molar-refractivity contribution is 0.199. The summed E-state index contributed by atoms with van der Waals surface area (Å²) in [4.78, 5) is 4.84. The molecule has 0 aromatic heterocycles. The molecule has 142 valence electrons. The molecule has 5 rings (SSSR count). The fourth-order valence-corrected chi connectivity index (χ4v) is 4.63. The standard InChI is InChI=1S/C21H23F2N3O/c22-15-4-5-16(17(23)12-15)14-6-8-25(9-7-14)13-20-24-18-2-1-3-19-21(18)26(20)10-11-27-19/h1-5,12,14,20,24H,6-11,13H2. The molecule has 3 heterocycles. The van der Waals surface area contributed by atoms with Gasteiger partial charge < -0.3 is 15.0 Å². The van der Waals surface area contributed by atoms with Gasteiger partial charge in [-0.15, -0.1) is 0 Å². The van der Waals surface area contributed by atoms with Crippen molar-refractivity contribution >= 4 is 11.4 Å². The van der Waals surface area contributed by atoms with Gasteiger partial charge in [-0.2, -0.15) is 0 Å². The van der Waals surface area contributed by atoms with Gasteiger partial charge in [0, 0.05) is 12.6 Å². The third kappa shape index (κ3) is 3.02. The molecule has 0 radical (unpaired) electrons. The van der Waals surface area contributed by atoms with Gasteiger partial charge in [-0.1, -0.05) is 12.1 Å². The number of benzene rings is 2. The van der Waals surface area contributed by atoms with Crippen LogP contribution >= 0.6 is 0 Å². The molecule has 1 N–H and O–H groups in total. The van der Waals surface area contributed by atoms with Gasteiger partial charge in [-0.3, -0.25) is 4.90 Å². The van der Waals surface area contributed by atoms with Crippen LogP contribution in [-0.4, -0.2) is 43.9 Å². The minimum Gasteiger partial charge on any atom is -0.489 e. The van der Waals surface area contributed by atoms with Gasteiger partial charge in [0.2, 0.25) is 0 Å². The highest BCUT2D eigenvalue weighted by atomic mass is 19.1. The number of likely N-dealkylation sites (tertiary alicyclic amines) is 1. The van der Waals surface area contributed by atoms with E-state index in [-0.39, 0.29) is 12.1 Å². The first-order chi connectivity index (χ1) is 13.2. The molecule has 4 nitrogen and oxygen atoms in total. The van der Waals surface area contributed by atoms with Gasteiger partial charge in [-0.25, -0.2) is 8.78 Å². The van der Waals surface area contributed by atoms with E-state index >= 15 is 0 Å². The smallest absolute Gasteiger partial charge is 0.144 e. The molecular weight excluding hydrogens is 348 g/mol. The average Bonchev–Trinajstić information content (AvgIpc) is 3.03. The molecule has 2 aromatic carbocycles. The number of hydrogen-bond donors (Lipinski definition) is 1. The van der Waals surface area contributed by atoms with E-state index in [9.17, 15) is 8.78 Å². The van der Waals surface area contributed by atoms with Crippen molar-refractivity contribution in [3.8, 4) is 5.75 Å². The van der Waals surface area contributed by atoms with Crippen LogP contribution in [0, 0.1) is 11.6 Å². The normalized spacial score (nSPS) is 22.3. The summed E-state index contributed by atoms with van der Waals surface area (Å²) in [6.45, 7) is 4.37. The Labute approximate surface area is 157 Å². The summed E-state index contributed by atoms with van der Waals surface area (Å²) in [5.74, 6) is 0.206. The van der Waals surface area contributed by atoms with Crippen LogP contribution in [0.2, 0.25) is 0 Å². The highest BCUT2D eigenvalue weighted by Crippen LogP contribution is 2.44. The Morgan fingerprint density at radius 3 is 2.74 bits per heavy atom. The first-order valence-electron chi connectivity index (χ1n) is 9.65. The second kappa shape index (κ2) is 6.68. The van der Waals surface area contributed by atoms with E-state index in [0.717, 1.165) is 56.5 Å². The van der Waals surface area contributed by atoms with Crippen LogP contribution in [0.5, 0.6) is 5.75 Å². The molecule has 0 saturated carbocycles. The van der Waals surface area contributed by atoms with Crippen molar-refractivity contribution in [2.45, 2.75) is 24.9 Å². The maximum atomic E-state index is 14.1. The second-order valence-corrected chi connectivity index (χ2v) is 7.60. The summed E-state index contributed by atoms with van der Waals surface area (Å²) in [5.41, 5.74) is 2.97. The average molecular weight is 371 g/mol. The summed E-state index contributed by atoms with van der Waals surface area (Å²) in [7, 11) is 0. The Hall–Kier alpha value is -2.34.